The number of benzene rings is 1. The number of amides is 2. The van der Waals surface area contributed by atoms with Crippen LogP contribution < -0.4 is 16.4 Å². The summed E-state index contributed by atoms with van der Waals surface area (Å²) < 4.78 is 0. The van der Waals surface area contributed by atoms with Gasteiger partial charge in [0.1, 0.15) is 0 Å². The lowest BCUT2D eigenvalue weighted by Gasteiger charge is -2.28. The van der Waals surface area contributed by atoms with Crippen molar-refractivity contribution in [2.45, 2.75) is 40.2 Å². The molecule has 0 unspecified atom stereocenters. The molecular weight excluding hydrogens is 278 g/mol. The first-order valence-corrected chi connectivity index (χ1v) is 7.88. The van der Waals surface area contributed by atoms with Gasteiger partial charge in [-0.3, -0.25) is 9.59 Å². The number of hydrogen-bond donors (Lipinski definition) is 3. The molecule has 122 valence electrons. The largest absolute Gasteiger partial charge is 0.352 e. The van der Waals surface area contributed by atoms with Crippen molar-refractivity contribution in [1.82, 2.24) is 10.6 Å². The standard InChI is InChI=1S/C17H27N3O2/c1-4-17(5-2,12-18)16(22)20-11-13-7-9-14(10-8-13)15(21)19-6-3/h7-10H,4-6,11-12,18H2,1-3H3,(H,19,21)(H,20,22). The van der Waals surface area contributed by atoms with Crippen LogP contribution in [0.15, 0.2) is 24.3 Å². The van der Waals surface area contributed by atoms with E-state index in [1.165, 1.54) is 0 Å². The van der Waals surface area contributed by atoms with Crippen LogP contribution in [0.4, 0.5) is 0 Å². The maximum absolute atomic E-state index is 12.3. The van der Waals surface area contributed by atoms with Gasteiger partial charge in [-0.05, 0) is 37.5 Å². The minimum absolute atomic E-state index is 0.00666. The molecule has 5 nitrogen and oxygen atoms in total. The van der Waals surface area contributed by atoms with Crippen LogP contribution in [0.25, 0.3) is 0 Å². The summed E-state index contributed by atoms with van der Waals surface area (Å²) in [7, 11) is 0. The molecule has 4 N–H and O–H groups in total. The topological polar surface area (TPSA) is 84.2 Å². The van der Waals surface area contributed by atoms with Crippen LogP contribution >= 0.6 is 0 Å². The average Bonchev–Trinajstić information content (AvgIpc) is 2.55. The van der Waals surface area contributed by atoms with Gasteiger partial charge in [-0.1, -0.05) is 26.0 Å². The first-order chi connectivity index (χ1) is 10.5. The highest BCUT2D eigenvalue weighted by molar-refractivity contribution is 5.94. The van der Waals surface area contributed by atoms with Crippen molar-refractivity contribution < 1.29 is 9.59 Å². The summed E-state index contributed by atoms with van der Waals surface area (Å²) >= 11 is 0. The molecule has 0 saturated carbocycles. The summed E-state index contributed by atoms with van der Waals surface area (Å²) in [5.41, 5.74) is 6.87. The Bertz CT molecular complexity index is 485. The first kappa shape index (κ1) is 18.2. The second kappa shape index (κ2) is 8.54. The Hall–Kier alpha value is -1.88. The van der Waals surface area contributed by atoms with Crippen LogP contribution in [0, 0.1) is 5.41 Å². The van der Waals surface area contributed by atoms with Gasteiger partial charge in [0.05, 0.1) is 5.41 Å². The molecule has 0 atom stereocenters. The van der Waals surface area contributed by atoms with Crippen molar-refractivity contribution in [3.05, 3.63) is 35.4 Å². The summed E-state index contributed by atoms with van der Waals surface area (Å²) in [6, 6.07) is 7.24. The maximum Gasteiger partial charge on any atom is 0.251 e. The second-order valence-corrected chi connectivity index (χ2v) is 5.43. The second-order valence-electron chi connectivity index (χ2n) is 5.43. The molecule has 0 bridgehead atoms. The lowest BCUT2D eigenvalue weighted by Crippen LogP contribution is -2.45. The molecular formula is C17H27N3O2. The zero-order valence-electron chi connectivity index (χ0n) is 13.7. The Morgan fingerprint density at radius 2 is 1.64 bits per heavy atom. The minimum Gasteiger partial charge on any atom is -0.352 e. The zero-order valence-corrected chi connectivity index (χ0v) is 13.7. The van der Waals surface area contributed by atoms with Crippen LogP contribution in [0.2, 0.25) is 0 Å². The van der Waals surface area contributed by atoms with E-state index in [0.717, 1.165) is 18.4 Å². The molecule has 0 heterocycles. The first-order valence-electron chi connectivity index (χ1n) is 7.88. The van der Waals surface area contributed by atoms with Crippen molar-refractivity contribution in [2.75, 3.05) is 13.1 Å². The molecule has 0 aliphatic carbocycles. The highest BCUT2D eigenvalue weighted by atomic mass is 16.2. The summed E-state index contributed by atoms with van der Waals surface area (Å²) in [5, 5.41) is 5.70. The van der Waals surface area contributed by atoms with Crippen LogP contribution in [-0.4, -0.2) is 24.9 Å². The number of carbonyl (C=O) groups is 2. The Morgan fingerprint density at radius 1 is 1.05 bits per heavy atom. The Kier molecular flexibility index (Phi) is 7.05. The van der Waals surface area contributed by atoms with Gasteiger partial charge in [-0.2, -0.15) is 0 Å². The van der Waals surface area contributed by atoms with E-state index >= 15 is 0 Å². The fraction of sp³-hybridized carbons (Fsp3) is 0.529. The SMILES string of the molecule is CCNC(=O)c1ccc(CNC(=O)C(CC)(CC)CN)cc1. The summed E-state index contributed by atoms with van der Waals surface area (Å²) in [6.07, 6.45) is 1.45. The molecule has 0 aromatic heterocycles. The van der Waals surface area contributed by atoms with Gasteiger partial charge in [-0.25, -0.2) is 0 Å². The molecule has 0 spiro atoms. The lowest BCUT2D eigenvalue weighted by molar-refractivity contribution is -0.131. The summed E-state index contributed by atoms with van der Waals surface area (Å²) in [6.45, 7) is 7.24. The molecule has 2 amide bonds. The number of nitrogens with two attached hydrogens (primary N) is 1. The lowest BCUT2D eigenvalue weighted by atomic mass is 9.81. The normalized spacial score (nSPS) is 11.1. The Balaban J connectivity index is 2.65. The third-order valence-corrected chi connectivity index (χ3v) is 4.23. The maximum atomic E-state index is 12.3. The summed E-state index contributed by atoms with van der Waals surface area (Å²) in [4.78, 5) is 24.0. The molecule has 0 radical (unpaired) electrons. The van der Waals surface area contributed by atoms with Gasteiger partial charge in [0.25, 0.3) is 5.91 Å². The fourth-order valence-corrected chi connectivity index (χ4v) is 2.36. The molecule has 22 heavy (non-hydrogen) atoms. The van der Waals surface area contributed by atoms with Crippen LogP contribution in [0.1, 0.15) is 49.5 Å². The minimum atomic E-state index is -0.485. The van der Waals surface area contributed by atoms with Gasteiger partial charge in [0.2, 0.25) is 5.91 Å². The van der Waals surface area contributed by atoms with Gasteiger partial charge in [0.15, 0.2) is 0 Å². The van der Waals surface area contributed by atoms with Crippen molar-refractivity contribution in [1.29, 1.82) is 0 Å². The number of hydrogen-bond acceptors (Lipinski definition) is 3. The van der Waals surface area contributed by atoms with E-state index in [4.69, 9.17) is 5.73 Å². The molecule has 1 rings (SSSR count). The van der Waals surface area contributed by atoms with Crippen molar-refractivity contribution in [2.24, 2.45) is 11.1 Å². The Morgan fingerprint density at radius 3 is 2.09 bits per heavy atom. The molecule has 1 aromatic rings. The van der Waals surface area contributed by atoms with E-state index in [1.54, 1.807) is 12.1 Å². The Labute approximate surface area is 132 Å². The van der Waals surface area contributed by atoms with E-state index in [1.807, 2.05) is 32.9 Å². The van der Waals surface area contributed by atoms with E-state index in [2.05, 4.69) is 10.6 Å². The molecule has 1 aromatic carbocycles. The van der Waals surface area contributed by atoms with Crippen LogP contribution in [0.3, 0.4) is 0 Å². The van der Waals surface area contributed by atoms with E-state index < -0.39 is 5.41 Å². The van der Waals surface area contributed by atoms with E-state index in [9.17, 15) is 9.59 Å². The zero-order chi connectivity index (χ0) is 16.6. The highest BCUT2D eigenvalue weighted by Crippen LogP contribution is 2.25. The molecule has 5 heteroatoms. The third-order valence-electron chi connectivity index (χ3n) is 4.23. The molecule has 0 aliphatic rings. The van der Waals surface area contributed by atoms with Crippen LogP contribution in [-0.2, 0) is 11.3 Å². The third kappa shape index (κ3) is 4.31. The molecule has 0 saturated heterocycles. The van der Waals surface area contributed by atoms with Gasteiger partial charge in [-0.15, -0.1) is 0 Å². The quantitative estimate of drug-likeness (QED) is 0.685. The number of nitrogens with one attached hydrogen (secondary N) is 2. The molecule has 0 aliphatic heterocycles. The van der Waals surface area contributed by atoms with Crippen molar-refractivity contribution in [3.63, 3.8) is 0 Å². The number of carbonyl (C=O) groups excluding carboxylic acids is 2. The monoisotopic (exact) mass is 305 g/mol. The predicted molar refractivity (Wildman–Crippen MR) is 88.4 cm³/mol. The van der Waals surface area contributed by atoms with Crippen molar-refractivity contribution in [3.8, 4) is 0 Å². The van der Waals surface area contributed by atoms with Crippen molar-refractivity contribution >= 4 is 11.8 Å². The fourth-order valence-electron chi connectivity index (χ4n) is 2.36. The number of rotatable bonds is 8. The highest BCUT2D eigenvalue weighted by Gasteiger charge is 2.32. The van der Waals surface area contributed by atoms with E-state index in [-0.39, 0.29) is 11.8 Å². The van der Waals surface area contributed by atoms with E-state index in [0.29, 0.717) is 25.2 Å². The average molecular weight is 305 g/mol. The van der Waals surface area contributed by atoms with Crippen LogP contribution in [0.5, 0.6) is 0 Å². The molecule has 0 fully saturated rings. The summed E-state index contributed by atoms with van der Waals surface area (Å²) in [5.74, 6) is -0.0926. The van der Waals surface area contributed by atoms with Gasteiger partial charge >= 0.3 is 0 Å². The van der Waals surface area contributed by atoms with Gasteiger partial charge in [0, 0.05) is 25.2 Å². The van der Waals surface area contributed by atoms with Gasteiger partial charge < -0.3 is 16.4 Å². The smallest absolute Gasteiger partial charge is 0.251 e. The predicted octanol–water partition coefficient (Wildman–Crippen LogP) is 1.82.